The maximum absolute atomic E-state index is 5.40. The molecule has 0 amide bonds. The van der Waals surface area contributed by atoms with Crippen molar-refractivity contribution in [3.8, 4) is 40.0 Å². The molecule has 0 atom stereocenters. The monoisotopic (exact) mass is 346 g/mol. The first kappa shape index (κ1) is 16.1. The molecule has 2 heterocycles. The van der Waals surface area contributed by atoms with E-state index in [0.29, 0.717) is 17.4 Å². The van der Waals surface area contributed by atoms with Crippen LogP contribution in [0.1, 0.15) is 11.1 Å². The predicted octanol–water partition coefficient (Wildman–Crippen LogP) is 4.42. The normalized spacial score (nSPS) is 10.9. The fraction of sp³-hybridized carbons (Fsp3) is 0.150. The van der Waals surface area contributed by atoms with Crippen LogP contribution in [0.3, 0.4) is 0 Å². The Balaban J connectivity index is 1.63. The van der Waals surface area contributed by atoms with Crippen LogP contribution in [0.15, 0.2) is 53.1 Å². The molecular formula is C20H18N4O2. The Bertz CT molecular complexity index is 1050. The van der Waals surface area contributed by atoms with Crippen LogP contribution < -0.4 is 4.74 Å². The molecule has 130 valence electrons. The van der Waals surface area contributed by atoms with Crippen LogP contribution in [0, 0.1) is 13.8 Å². The van der Waals surface area contributed by atoms with Crippen molar-refractivity contribution in [2.45, 2.75) is 13.8 Å². The lowest BCUT2D eigenvalue weighted by atomic mass is 10.0. The number of hydrogen-bond donors (Lipinski definition) is 1. The van der Waals surface area contributed by atoms with Crippen LogP contribution in [0.5, 0.6) is 5.75 Å². The summed E-state index contributed by atoms with van der Waals surface area (Å²) in [6.45, 7) is 4.15. The van der Waals surface area contributed by atoms with Gasteiger partial charge in [-0.1, -0.05) is 28.9 Å². The van der Waals surface area contributed by atoms with E-state index in [0.717, 1.165) is 22.6 Å². The lowest BCUT2D eigenvalue weighted by Crippen LogP contribution is -1.84. The number of aromatic nitrogens is 4. The second kappa shape index (κ2) is 6.48. The van der Waals surface area contributed by atoms with Crippen molar-refractivity contribution in [1.82, 2.24) is 20.3 Å². The Kier molecular flexibility index (Phi) is 4.01. The molecule has 0 saturated carbocycles. The molecule has 0 aliphatic rings. The Labute approximate surface area is 150 Å². The van der Waals surface area contributed by atoms with Crippen molar-refractivity contribution in [1.29, 1.82) is 0 Å². The van der Waals surface area contributed by atoms with Gasteiger partial charge in [0.05, 0.1) is 12.8 Å². The van der Waals surface area contributed by atoms with Crippen LogP contribution in [-0.4, -0.2) is 27.4 Å². The molecule has 4 aromatic rings. The number of methoxy groups -OCH3 is 1. The summed E-state index contributed by atoms with van der Waals surface area (Å²) in [6, 6.07) is 15.7. The van der Waals surface area contributed by atoms with Crippen molar-refractivity contribution in [2.75, 3.05) is 7.11 Å². The second-order valence-corrected chi connectivity index (χ2v) is 6.14. The molecule has 0 bridgehead atoms. The SMILES string of the molecule is COc1ccc(-c2noc(-c3cc(-c4ccc(C)cc4C)n[nH]3)n2)cc1. The largest absolute Gasteiger partial charge is 0.497 e. The number of aromatic amines is 1. The lowest BCUT2D eigenvalue weighted by Gasteiger charge is -2.02. The van der Waals surface area contributed by atoms with E-state index in [4.69, 9.17) is 9.26 Å². The van der Waals surface area contributed by atoms with Crippen molar-refractivity contribution < 1.29 is 9.26 Å². The van der Waals surface area contributed by atoms with Crippen LogP contribution in [0.2, 0.25) is 0 Å². The predicted molar refractivity (Wildman–Crippen MR) is 98.8 cm³/mol. The first-order valence-electron chi connectivity index (χ1n) is 8.25. The zero-order valence-corrected chi connectivity index (χ0v) is 14.8. The molecule has 0 aliphatic heterocycles. The summed E-state index contributed by atoms with van der Waals surface area (Å²) in [6.07, 6.45) is 0. The van der Waals surface area contributed by atoms with E-state index < -0.39 is 0 Å². The average molecular weight is 346 g/mol. The summed E-state index contributed by atoms with van der Waals surface area (Å²) in [5.74, 6) is 1.70. The third-order valence-corrected chi connectivity index (χ3v) is 4.24. The number of rotatable bonds is 4. The van der Waals surface area contributed by atoms with Crippen molar-refractivity contribution in [3.63, 3.8) is 0 Å². The number of hydrogen-bond acceptors (Lipinski definition) is 5. The average Bonchev–Trinajstić information content (AvgIpc) is 3.31. The van der Waals surface area contributed by atoms with Crippen molar-refractivity contribution >= 4 is 0 Å². The van der Waals surface area contributed by atoms with Gasteiger partial charge in [0.15, 0.2) is 0 Å². The number of aryl methyl sites for hydroxylation is 2. The number of benzene rings is 2. The summed E-state index contributed by atoms with van der Waals surface area (Å²) in [4.78, 5) is 4.46. The molecular weight excluding hydrogens is 328 g/mol. The highest BCUT2D eigenvalue weighted by atomic mass is 16.5. The van der Waals surface area contributed by atoms with E-state index in [1.807, 2.05) is 30.3 Å². The van der Waals surface area contributed by atoms with Gasteiger partial charge in [0.25, 0.3) is 5.89 Å². The van der Waals surface area contributed by atoms with Gasteiger partial charge in [0, 0.05) is 11.1 Å². The molecule has 0 fully saturated rings. The second-order valence-electron chi connectivity index (χ2n) is 6.14. The molecule has 6 nitrogen and oxygen atoms in total. The van der Waals surface area contributed by atoms with E-state index in [-0.39, 0.29) is 0 Å². The first-order valence-corrected chi connectivity index (χ1v) is 8.25. The minimum absolute atomic E-state index is 0.402. The van der Waals surface area contributed by atoms with Crippen molar-refractivity contribution in [3.05, 3.63) is 59.7 Å². The zero-order valence-electron chi connectivity index (χ0n) is 14.8. The van der Waals surface area contributed by atoms with E-state index in [1.54, 1.807) is 7.11 Å². The Hall–Kier alpha value is -3.41. The number of ether oxygens (including phenoxy) is 1. The maximum Gasteiger partial charge on any atom is 0.276 e. The van der Waals surface area contributed by atoms with Gasteiger partial charge in [0.2, 0.25) is 5.82 Å². The van der Waals surface area contributed by atoms with Crippen LogP contribution >= 0.6 is 0 Å². The van der Waals surface area contributed by atoms with E-state index in [1.165, 1.54) is 11.1 Å². The molecule has 4 rings (SSSR count). The van der Waals surface area contributed by atoms with Gasteiger partial charge >= 0.3 is 0 Å². The standard InChI is InChI=1S/C20H18N4O2/c1-12-4-9-16(13(2)10-12)17-11-18(23-22-17)20-21-19(24-26-20)14-5-7-15(25-3)8-6-14/h4-11H,1-3H3,(H,22,23). The molecule has 26 heavy (non-hydrogen) atoms. The molecule has 1 N–H and O–H groups in total. The summed E-state index contributed by atoms with van der Waals surface area (Å²) in [5.41, 5.74) is 5.87. The molecule has 0 spiro atoms. The summed E-state index contributed by atoms with van der Waals surface area (Å²) < 4.78 is 10.6. The number of H-pyrrole nitrogens is 1. The van der Waals surface area contributed by atoms with Gasteiger partial charge in [-0.15, -0.1) is 0 Å². The number of nitrogens with zero attached hydrogens (tertiary/aromatic N) is 3. The van der Waals surface area contributed by atoms with Gasteiger partial charge in [-0.05, 0) is 49.7 Å². The first-order chi connectivity index (χ1) is 12.6. The summed E-state index contributed by atoms with van der Waals surface area (Å²) >= 11 is 0. The number of nitrogens with one attached hydrogen (secondary N) is 1. The van der Waals surface area contributed by atoms with Gasteiger partial charge in [0.1, 0.15) is 11.4 Å². The Morgan fingerprint density at radius 1 is 1.00 bits per heavy atom. The topological polar surface area (TPSA) is 76.8 Å². The van der Waals surface area contributed by atoms with E-state index >= 15 is 0 Å². The molecule has 2 aromatic carbocycles. The highest BCUT2D eigenvalue weighted by Crippen LogP contribution is 2.27. The van der Waals surface area contributed by atoms with Crippen LogP contribution in [0.4, 0.5) is 0 Å². The third kappa shape index (κ3) is 2.97. The highest BCUT2D eigenvalue weighted by molar-refractivity contribution is 5.68. The third-order valence-electron chi connectivity index (χ3n) is 4.24. The van der Waals surface area contributed by atoms with Gasteiger partial charge in [-0.2, -0.15) is 10.1 Å². The quantitative estimate of drug-likeness (QED) is 0.592. The Morgan fingerprint density at radius 3 is 2.54 bits per heavy atom. The molecule has 0 aliphatic carbocycles. The molecule has 6 heteroatoms. The van der Waals surface area contributed by atoms with E-state index in [2.05, 4.69) is 52.4 Å². The van der Waals surface area contributed by atoms with E-state index in [9.17, 15) is 0 Å². The van der Waals surface area contributed by atoms with Gasteiger partial charge in [-0.25, -0.2) is 0 Å². The molecule has 2 aromatic heterocycles. The highest BCUT2D eigenvalue weighted by Gasteiger charge is 2.15. The fourth-order valence-corrected chi connectivity index (χ4v) is 2.86. The summed E-state index contributed by atoms with van der Waals surface area (Å²) in [7, 11) is 1.63. The minimum Gasteiger partial charge on any atom is -0.497 e. The van der Waals surface area contributed by atoms with Gasteiger partial charge < -0.3 is 9.26 Å². The Morgan fingerprint density at radius 2 is 1.81 bits per heavy atom. The summed E-state index contributed by atoms with van der Waals surface area (Å²) in [5, 5.41) is 11.4. The van der Waals surface area contributed by atoms with Crippen LogP contribution in [-0.2, 0) is 0 Å². The fourth-order valence-electron chi connectivity index (χ4n) is 2.86. The van der Waals surface area contributed by atoms with Crippen molar-refractivity contribution in [2.24, 2.45) is 0 Å². The maximum atomic E-state index is 5.40. The minimum atomic E-state index is 0.402. The molecule has 0 radical (unpaired) electrons. The molecule has 0 saturated heterocycles. The van der Waals surface area contributed by atoms with Gasteiger partial charge in [-0.3, -0.25) is 5.10 Å². The van der Waals surface area contributed by atoms with Crippen LogP contribution in [0.25, 0.3) is 34.2 Å². The zero-order chi connectivity index (χ0) is 18.1. The lowest BCUT2D eigenvalue weighted by molar-refractivity contribution is 0.414. The smallest absolute Gasteiger partial charge is 0.276 e. The molecule has 0 unspecified atom stereocenters.